The Hall–Kier alpha value is -4.04. The predicted octanol–water partition coefficient (Wildman–Crippen LogP) is 3.68. The number of nitrogen functional groups attached to an aromatic ring is 1. The van der Waals surface area contributed by atoms with Crippen molar-refractivity contribution in [2.45, 2.75) is 71.1 Å². The summed E-state index contributed by atoms with van der Waals surface area (Å²) in [5, 5.41) is 0. The maximum absolute atomic E-state index is 13.8. The highest BCUT2D eigenvalue weighted by atomic mass is 19.1. The first-order chi connectivity index (χ1) is 17.8. The number of anilines is 1. The van der Waals surface area contributed by atoms with Crippen molar-refractivity contribution in [3.05, 3.63) is 41.2 Å². The molecule has 0 unspecified atom stereocenters. The molecule has 10 nitrogen and oxygen atoms in total. The fourth-order valence-corrected chi connectivity index (χ4v) is 5.03. The van der Waals surface area contributed by atoms with Crippen molar-refractivity contribution in [3.8, 4) is 18.1 Å². The van der Waals surface area contributed by atoms with E-state index in [1.54, 1.807) is 6.07 Å². The molecule has 38 heavy (non-hydrogen) atoms. The molecule has 1 aromatic carbocycles. The molecule has 11 heteroatoms. The van der Waals surface area contributed by atoms with E-state index in [9.17, 15) is 14.0 Å². The normalized spacial score (nSPS) is 19.3. The predicted molar refractivity (Wildman–Crippen MR) is 136 cm³/mol. The lowest BCUT2D eigenvalue weighted by atomic mass is 9.78. The Morgan fingerprint density at radius 1 is 1.34 bits per heavy atom. The maximum atomic E-state index is 13.8. The highest BCUT2D eigenvalue weighted by Crippen LogP contribution is 2.40. The quantitative estimate of drug-likeness (QED) is 0.213. The number of esters is 2. The Balaban J connectivity index is 1.47. The molecule has 0 aliphatic carbocycles. The molecule has 1 fully saturated rings. The van der Waals surface area contributed by atoms with Crippen molar-refractivity contribution >= 4 is 28.9 Å². The van der Waals surface area contributed by atoms with Crippen LogP contribution in [0.5, 0.6) is 5.75 Å². The van der Waals surface area contributed by atoms with Crippen LogP contribution < -0.4 is 10.5 Å². The summed E-state index contributed by atoms with van der Waals surface area (Å²) < 4.78 is 32.5. The van der Waals surface area contributed by atoms with Gasteiger partial charge in [0.25, 0.3) is 0 Å². The van der Waals surface area contributed by atoms with Crippen LogP contribution >= 0.6 is 0 Å². The average molecular weight is 524 g/mol. The number of hydrogen-bond acceptors (Lipinski definition) is 9. The first-order valence-corrected chi connectivity index (χ1v) is 12.1. The summed E-state index contributed by atoms with van der Waals surface area (Å²) in [7, 11) is 0. The molecule has 0 amide bonds. The second-order valence-electron chi connectivity index (χ2n) is 10.2. The molecule has 0 spiro atoms. The van der Waals surface area contributed by atoms with Gasteiger partial charge in [-0.05, 0) is 43.9 Å². The fourth-order valence-electron chi connectivity index (χ4n) is 5.03. The van der Waals surface area contributed by atoms with E-state index < -0.39 is 35.3 Å². The number of fused-ring (bicyclic) bond motifs is 1. The molecule has 1 aliphatic heterocycles. The smallest absolute Gasteiger partial charge is 0.312 e. The van der Waals surface area contributed by atoms with Gasteiger partial charge in [0, 0.05) is 17.9 Å². The minimum atomic E-state index is -1.18. The topological polar surface area (TPSA) is 131 Å². The van der Waals surface area contributed by atoms with E-state index in [-0.39, 0.29) is 30.0 Å². The Labute approximate surface area is 219 Å². The van der Waals surface area contributed by atoms with Gasteiger partial charge >= 0.3 is 18.0 Å². The van der Waals surface area contributed by atoms with Gasteiger partial charge in [-0.1, -0.05) is 25.8 Å². The summed E-state index contributed by atoms with van der Waals surface area (Å²) in [5.41, 5.74) is 6.88. The van der Waals surface area contributed by atoms with Crippen molar-refractivity contribution in [2.75, 3.05) is 12.3 Å². The molecule has 1 aliphatic rings. The van der Waals surface area contributed by atoms with E-state index in [1.807, 2.05) is 33.8 Å². The van der Waals surface area contributed by atoms with E-state index in [0.29, 0.717) is 18.6 Å². The van der Waals surface area contributed by atoms with Crippen LogP contribution in [0.25, 0.3) is 11.2 Å². The van der Waals surface area contributed by atoms with Crippen LogP contribution in [0.2, 0.25) is 0 Å². The zero-order valence-corrected chi connectivity index (χ0v) is 22.0. The minimum Gasteiger partial charge on any atom is -0.461 e. The average Bonchev–Trinajstić information content (AvgIpc) is 3.41. The van der Waals surface area contributed by atoms with Crippen LogP contribution in [0.3, 0.4) is 0 Å². The van der Waals surface area contributed by atoms with Gasteiger partial charge in [0.2, 0.25) is 0 Å². The lowest BCUT2D eigenvalue weighted by molar-refractivity contribution is -0.153. The molecule has 0 radical (unpaired) electrons. The van der Waals surface area contributed by atoms with Gasteiger partial charge in [-0.3, -0.25) is 14.2 Å². The van der Waals surface area contributed by atoms with Crippen molar-refractivity contribution in [3.63, 3.8) is 0 Å². The number of nitrogens with two attached hydrogens (primary N) is 1. The third-order valence-corrected chi connectivity index (χ3v) is 6.58. The number of imidazole rings is 1. The number of carbonyl (C=O) groups is 2. The first kappa shape index (κ1) is 27.0. The molecule has 4 rings (SSSR count). The van der Waals surface area contributed by atoms with Crippen LogP contribution in [0.15, 0.2) is 18.5 Å². The number of nitrogens with zero attached hydrogens (tertiary/aromatic N) is 4. The number of terminal acetylenes is 1. The SMILES string of the molecule is C#C[C@@]1(COC(=O)CC(C)(C)c2c(C)cc(C)cc2OC(C)=O)CC[C@H](n2cnc3c(N)nc(F)nc32)O1. The fraction of sp³-hybridized carbons (Fsp3) is 0.444. The summed E-state index contributed by atoms with van der Waals surface area (Å²) in [6, 6.07) is 3.75. The molecule has 1 saturated heterocycles. The molecular formula is C27H30FN5O5. The second-order valence-corrected chi connectivity index (χ2v) is 10.2. The molecule has 2 aromatic heterocycles. The van der Waals surface area contributed by atoms with Crippen LogP contribution in [-0.2, 0) is 24.5 Å². The molecule has 2 atom stereocenters. The molecule has 200 valence electrons. The van der Waals surface area contributed by atoms with Crippen LogP contribution in [0.1, 0.15) is 63.0 Å². The van der Waals surface area contributed by atoms with Crippen LogP contribution in [-0.4, -0.2) is 43.7 Å². The summed E-state index contributed by atoms with van der Waals surface area (Å²) in [4.78, 5) is 36.1. The standard InChI is InChI=1S/C27H30FN5O5/c1-7-27(9-8-19(38-27)33-14-30-22-23(29)31-25(28)32-24(22)33)13-36-20(35)12-26(5,6)21-16(3)10-15(2)11-18(21)37-17(4)34/h1,10-11,14,19H,8-9,12-13H2,2-6H3,(H2,29,31,32)/t19-,27+/m1/s1. The first-order valence-electron chi connectivity index (χ1n) is 12.1. The Bertz CT molecular complexity index is 1460. The second kappa shape index (κ2) is 10.0. The van der Waals surface area contributed by atoms with E-state index in [1.165, 1.54) is 17.8 Å². The number of ether oxygens (including phenoxy) is 3. The molecule has 2 N–H and O–H groups in total. The summed E-state index contributed by atoms with van der Waals surface area (Å²) in [5.74, 6) is 2.03. The van der Waals surface area contributed by atoms with Gasteiger partial charge in [-0.25, -0.2) is 4.98 Å². The number of aryl methyl sites for hydroxylation is 2. The lowest BCUT2D eigenvalue weighted by Gasteiger charge is -2.29. The molecule has 0 bridgehead atoms. The zero-order chi connectivity index (χ0) is 27.8. The number of benzene rings is 1. The van der Waals surface area contributed by atoms with Gasteiger partial charge in [0.05, 0.1) is 12.7 Å². The van der Waals surface area contributed by atoms with Crippen LogP contribution in [0.4, 0.5) is 10.2 Å². The van der Waals surface area contributed by atoms with E-state index in [2.05, 4.69) is 20.9 Å². The maximum Gasteiger partial charge on any atom is 0.312 e. The van der Waals surface area contributed by atoms with Gasteiger partial charge < -0.3 is 19.9 Å². The van der Waals surface area contributed by atoms with Gasteiger partial charge in [-0.15, -0.1) is 6.42 Å². The highest BCUT2D eigenvalue weighted by molar-refractivity contribution is 5.81. The Morgan fingerprint density at radius 3 is 2.76 bits per heavy atom. The third kappa shape index (κ3) is 5.31. The number of carbonyl (C=O) groups excluding carboxylic acids is 2. The molecule has 3 heterocycles. The molecule has 3 aromatic rings. The number of aromatic nitrogens is 4. The van der Waals surface area contributed by atoms with Gasteiger partial charge in [0.15, 0.2) is 22.6 Å². The van der Waals surface area contributed by atoms with E-state index in [0.717, 1.165) is 16.7 Å². The van der Waals surface area contributed by atoms with Crippen molar-refractivity contribution in [1.29, 1.82) is 0 Å². The largest absolute Gasteiger partial charge is 0.461 e. The lowest BCUT2D eigenvalue weighted by Crippen LogP contribution is -2.35. The molecule has 0 saturated carbocycles. The van der Waals surface area contributed by atoms with Crippen LogP contribution in [0, 0.1) is 32.3 Å². The Kier molecular flexibility index (Phi) is 7.12. The Morgan fingerprint density at radius 2 is 2.08 bits per heavy atom. The highest BCUT2D eigenvalue weighted by Gasteiger charge is 2.42. The number of rotatable bonds is 7. The monoisotopic (exact) mass is 523 g/mol. The minimum absolute atomic E-state index is 0.0108. The van der Waals surface area contributed by atoms with Crippen molar-refractivity contribution in [2.24, 2.45) is 0 Å². The van der Waals surface area contributed by atoms with Gasteiger partial charge in [-0.2, -0.15) is 14.4 Å². The summed E-state index contributed by atoms with van der Waals surface area (Å²) >= 11 is 0. The van der Waals surface area contributed by atoms with E-state index >= 15 is 0 Å². The third-order valence-electron chi connectivity index (χ3n) is 6.58. The zero-order valence-electron chi connectivity index (χ0n) is 22.0. The molecular weight excluding hydrogens is 493 g/mol. The number of halogens is 1. The number of hydrogen-bond donors (Lipinski definition) is 1. The van der Waals surface area contributed by atoms with Crippen molar-refractivity contribution < 1.29 is 28.2 Å². The summed E-state index contributed by atoms with van der Waals surface area (Å²) in [6.45, 7) is 8.75. The van der Waals surface area contributed by atoms with Gasteiger partial charge in [0.1, 0.15) is 18.6 Å². The van der Waals surface area contributed by atoms with E-state index in [4.69, 9.17) is 26.4 Å². The van der Waals surface area contributed by atoms with Crippen molar-refractivity contribution in [1.82, 2.24) is 19.5 Å². The summed E-state index contributed by atoms with van der Waals surface area (Å²) in [6.07, 6.45) is 6.51.